The van der Waals surface area contributed by atoms with E-state index in [0.717, 1.165) is 12.8 Å². The molecule has 0 radical (unpaired) electrons. The summed E-state index contributed by atoms with van der Waals surface area (Å²) in [6.45, 7) is 2.38. The zero-order valence-electron chi connectivity index (χ0n) is 21.8. The average molecular weight is 662 g/mol. The van der Waals surface area contributed by atoms with Crippen molar-refractivity contribution in [3.05, 3.63) is 75.6 Å². The molecular formula is C28H28FIN4O6. The van der Waals surface area contributed by atoms with E-state index in [9.17, 15) is 18.8 Å². The van der Waals surface area contributed by atoms with Crippen LogP contribution in [0.25, 0.3) is 0 Å². The van der Waals surface area contributed by atoms with Crippen LogP contribution >= 0.6 is 22.6 Å². The maximum atomic E-state index is 13.0. The Morgan fingerprint density at radius 3 is 2.30 bits per heavy atom. The molecule has 210 valence electrons. The Bertz CT molecular complexity index is 1350. The van der Waals surface area contributed by atoms with Crippen LogP contribution in [0.4, 0.5) is 15.8 Å². The Balaban J connectivity index is 1.52. The van der Waals surface area contributed by atoms with Gasteiger partial charge in [-0.2, -0.15) is 5.10 Å². The molecule has 0 atom stereocenters. The largest absolute Gasteiger partial charge is 0.494 e. The average Bonchev–Trinajstić information content (AvgIpc) is 2.94. The number of benzene rings is 3. The lowest BCUT2D eigenvalue weighted by Crippen LogP contribution is -2.32. The molecule has 3 N–H and O–H groups in total. The molecule has 40 heavy (non-hydrogen) atoms. The first kappa shape index (κ1) is 30.3. The fraction of sp³-hybridized carbons (Fsp3) is 0.214. The summed E-state index contributed by atoms with van der Waals surface area (Å²) in [4.78, 5) is 36.6. The molecule has 3 amide bonds. The molecule has 10 nitrogen and oxygen atoms in total. The maximum Gasteiger partial charge on any atom is 0.329 e. The summed E-state index contributed by atoms with van der Waals surface area (Å²) >= 11 is 2.01. The molecular weight excluding hydrogens is 634 g/mol. The minimum absolute atomic E-state index is 0.309. The van der Waals surface area contributed by atoms with Crippen LogP contribution in [0, 0.1) is 9.39 Å². The van der Waals surface area contributed by atoms with Crippen LogP contribution in [-0.4, -0.2) is 44.3 Å². The minimum atomic E-state index is -0.951. The van der Waals surface area contributed by atoms with Gasteiger partial charge in [-0.15, -0.1) is 0 Å². The number of methoxy groups -OCH3 is 1. The molecule has 3 rings (SSSR count). The Labute approximate surface area is 244 Å². The molecule has 0 bridgehead atoms. The van der Waals surface area contributed by atoms with E-state index in [1.165, 1.54) is 37.6 Å². The van der Waals surface area contributed by atoms with Gasteiger partial charge in [-0.25, -0.2) is 9.82 Å². The van der Waals surface area contributed by atoms with Crippen LogP contribution in [0.15, 0.2) is 65.8 Å². The smallest absolute Gasteiger partial charge is 0.329 e. The summed E-state index contributed by atoms with van der Waals surface area (Å²) in [5.41, 5.74) is 3.60. The number of carbonyl (C=O) groups excluding carboxylic acids is 3. The highest BCUT2D eigenvalue weighted by Gasteiger charge is 2.15. The summed E-state index contributed by atoms with van der Waals surface area (Å²) < 4.78 is 30.2. The van der Waals surface area contributed by atoms with Crippen molar-refractivity contribution in [3.63, 3.8) is 0 Å². The molecule has 0 spiro atoms. The third kappa shape index (κ3) is 9.52. The monoisotopic (exact) mass is 662 g/mol. The quantitative estimate of drug-likeness (QED) is 0.0847. The summed E-state index contributed by atoms with van der Waals surface area (Å²) in [5.74, 6) is -1.34. The molecule has 0 saturated heterocycles. The number of halogens is 2. The van der Waals surface area contributed by atoms with E-state index in [-0.39, 0.29) is 6.61 Å². The second-order valence-corrected chi connectivity index (χ2v) is 9.42. The molecule has 0 unspecified atom stereocenters. The second-order valence-electron chi connectivity index (χ2n) is 8.26. The Morgan fingerprint density at radius 1 is 0.950 bits per heavy atom. The molecule has 0 aliphatic carbocycles. The lowest BCUT2D eigenvalue weighted by molar-refractivity contribution is -0.136. The van der Waals surface area contributed by atoms with E-state index in [0.29, 0.717) is 44.4 Å². The first-order chi connectivity index (χ1) is 19.3. The van der Waals surface area contributed by atoms with E-state index in [2.05, 4.69) is 28.1 Å². The van der Waals surface area contributed by atoms with E-state index in [1.807, 2.05) is 22.6 Å². The van der Waals surface area contributed by atoms with Gasteiger partial charge in [-0.3, -0.25) is 14.4 Å². The first-order valence-corrected chi connectivity index (χ1v) is 13.3. The van der Waals surface area contributed by atoms with Crippen molar-refractivity contribution in [2.45, 2.75) is 19.8 Å². The topological polar surface area (TPSA) is 127 Å². The number of amides is 3. The molecule has 12 heteroatoms. The summed E-state index contributed by atoms with van der Waals surface area (Å²) in [6.07, 6.45) is 3.31. The molecule has 0 aliphatic heterocycles. The first-order valence-electron chi connectivity index (χ1n) is 12.2. The van der Waals surface area contributed by atoms with Gasteiger partial charge in [0, 0.05) is 11.4 Å². The number of unbranched alkanes of at least 4 members (excludes halogenated alkanes) is 1. The van der Waals surface area contributed by atoms with Crippen molar-refractivity contribution in [1.82, 2.24) is 5.43 Å². The molecule has 3 aromatic carbocycles. The van der Waals surface area contributed by atoms with Crippen molar-refractivity contribution in [1.29, 1.82) is 0 Å². The van der Waals surface area contributed by atoms with Gasteiger partial charge in [0.15, 0.2) is 18.1 Å². The van der Waals surface area contributed by atoms with E-state index < -0.39 is 23.5 Å². The highest BCUT2D eigenvalue weighted by Crippen LogP contribution is 2.33. The highest BCUT2D eigenvalue weighted by molar-refractivity contribution is 14.1. The Hall–Kier alpha value is -4.20. The summed E-state index contributed by atoms with van der Waals surface area (Å²) in [6, 6.07) is 15.3. The molecule has 0 saturated carbocycles. The Kier molecular flexibility index (Phi) is 11.7. The van der Waals surface area contributed by atoms with Gasteiger partial charge in [-0.05, 0) is 95.2 Å². The normalized spacial score (nSPS) is 10.6. The predicted molar refractivity (Wildman–Crippen MR) is 157 cm³/mol. The van der Waals surface area contributed by atoms with Gasteiger partial charge in [0.05, 0.1) is 23.5 Å². The molecule has 3 aromatic rings. The van der Waals surface area contributed by atoms with Gasteiger partial charge in [0.2, 0.25) is 0 Å². The molecule has 0 fully saturated rings. The summed E-state index contributed by atoms with van der Waals surface area (Å²) in [7, 11) is 1.44. The number of hydrogen-bond acceptors (Lipinski definition) is 7. The van der Waals surface area contributed by atoms with Gasteiger partial charge >= 0.3 is 11.8 Å². The second kappa shape index (κ2) is 15.4. The highest BCUT2D eigenvalue weighted by atomic mass is 127. The fourth-order valence-corrected chi connectivity index (χ4v) is 3.98. The van der Waals surface area contributed by atoms with Crippen molar-refractivity contribution >= 4 is 57.9 Å². The van der Waals surface area contributed by atoms with Crippen LogP contribution in [0.5, 0.6) is 17.2 Å². The maximum absolute atomic E-state index is 13.0. The van der Waals surface area contributed by atoms with Crippen molar-refractivity contribution in [2.75, 3.05) is 31.0 Å². The zero-order valence-corrected chi connectivity index (χ0v) is 24.0. The van der Waals surface area contributed by atoms with Gasteiger partial charge < -0.3 is 24.8 Å². The van der Waals surface area contributed by atoms with Crippen LogP contribution in [-0.2, 0) is 14.4 Å². The van der Waals surface area contributed by atoms with E-state index in [4.69, 9.17) is 14.2 Å². The van der Waals surface area contributed by atoms with Crippen LogP contribution in [0.3, 0.4) is 0 Å². The Morgan fingerprint density at radius 2 is 1.62 bits per heavy atom. The van der Waals surface area contributed by atoms with Crippen molar-refractivity contribution in [3.8, 4) is 17.2 Å². The number of nitrogens with one attached hydrogen (secondary N) is 3. The molecule has 0 aliphatic rings. The van der Waals surface area contributed by atoms with E-state index in [1.54, 1.807) is 36.4 Å². The van der Waals surface area contributed by atoms with Crippen LogP contribution < -0.4 is 30.3 Å². The van der Waals surface area contributed by atoms with Crippen LogP contribution in [0.1, 0.15) is 25.3 Å². The number of hydrazone groups is 1. The lowest BCUT2D eigenvalue weighted by Gasteiger charge is -2.13. The number of rotatable bonds is 12. The van der Waals surface area contributed by atoms with Gasteiger partial charge in [0.1, 0.15) is 11.6 Å². The van der Waals surface area contributed by atoms with Crippen molar-refractivity contribution in [2.24, 2.45) is 5.10 Å². The molecule has 0 heterocycles. The predicted octanol–water partition coefficient (Wildman–Crippen LogP) is 4.72. The number of anilines is 2. The number of nitrogens with zero attached hydrogens (tertiary/aromatic N) is 1. The third-order valence-electron chi connectivity index (χ3n) is 5.19. The van der Waals surface area contributed by atoms with Crippen LogP contribution in [0.2, 0.25) is 0 Å². The number of carbonyl (C=O) groups is 3. The third-order valence-corrected chi connectivity index (χ3v) is 5.99. The zero-order chi connectivity index (χ0) is 28.9. The van der Waals surface area contributed by atoms with Gasteiger partial charge in [0.25, 0.3) is 5.91 Å². The van der Waals surface area contributed by atoms with Crippen molar-refractivity contribution < 1.29 is 33.0 Å². The van der Waals surface area contributed by atoms with E-state index >= 15 is 0 Å². The SMILES string of the molecule is CCCCOc1ccc(NC(=O)C(=O)N/N=C\c2cc(I)c(OCC(=O)Nc3ccc(F)cc3)c(OC)c2)cc1. The minimum Gasteiger partial charge on any atom is -0.494 e. The summed E-state index contributed by atoms with van der Waals surface area (Å²) in [5, 5.41) is 8.94. The molecule has 0 aromatic heterocycles. The standard InChI is InChI=1S/C28H28FIN4O6/c1-3-4-13-39-22-11-9-21(10-12-22)33-27(36)28(37)34-31-16-18-14-23(30)26(24(15-18)38-2)40-17-25(35)32-20-7-5-19(29)6-8-20/h5-12,14-16H,3-4,13,17H2,1-2H3,(H,32,35)(H,33,36)(H,34,37)/b31-16-. The lowest BCUT2D eigenvalue weighted by atomic mass is 10.2. The van der Waals surface area contributed by atoms with Gasteiger partial charge in [-0.1, -0.05) is 13.3 Å². The fourth-order valence-electron chi connectivity index (χ4n) is 3.20. The number of hydrogen-bond donors (Lipinski definition) is 3. The number of ether oxygens (including phenoxy) is 3.